The molecule has 0 N–H and O–H groups in total. The predicted octanol–water partition coefficient (Wildman–Crippen LogP) is 4.15. The zero-order valence-electron chi connectivity index (χ0n) is 12.0. The van der Waals surface area contributed by atoms with Crippen LogP contribution in [0.3, 0.4) is 0 Å². The van der Waals surface area contributed by atoms with Gasteiger partial charge in [0.15, 0.2) is 0 Å². The Labute approximate surface area is 140 Å². The lowest BCUT2D eigenvalue weighted by Crippen LogP contribution is -2.21. The van der Waals surface area contributed by atoms with Gasteiger partial charge in [0.1, 0.15) is 4.83 Å². The lowest BCUT2D eigenvalue weighted by molar-refractivity contribution is 0.697. The van der Waals surface area contributed by atoms with Crippen LogP contribution < -0.4 is 5.56 Å². The second-order valence-electron chi connectivity index (χ2n) is 5.70. The highest BCUT2D eigenvalue weighted by Gasteiger charge is 2.19. The highest BCUT2D eigenvalue weighted by Crippen LogP contribution is 2.33. The smallest absolute Gasteiger partial charge is 0.262 e. The van der Waals surface area contributed by atoms with E-state index in [1.165, 1.54) is 23.3 Å². The van der Waals surface area contributed by atoms with Crippen LogP contribution >= 0.6 is 27.3 Å². The Morgan fingerprint density at radius 2 is 1.95 bits per heavy atom. The summed E-state index contributed by atoms with van der Waals surface area (Å²) in [6, 6.07) is 8.06. The lowest BCUT2D eigenvalue weighted by atomic mass is 9.97. The topological polar surface area (TPSA) is 34.9 Å². The minimum Gasteiger partial charge on any atom is -0.294 e. The summed E-state index contributed by atoms with van der Waals surface area (Å²) in [6.45, 7) is 0.569. The Morgan fingerprint density at radius 1 is 1.18 bits per heavy atom. The molecular formula is C17H15BrN2OS. The minimum atomic E-state index is 0.104. The number of hydrogen-bond donors (Lipinski definition) is 0. The van der Waals surface area contributed by atoms with Crippen LogP contribution in [0.1, 0.15) is 28.8 Å². The van der Waals surface area contributed by atoms with Crippen molar-refractivity contribution in [1.82, 2.24) is 9.55 Å². The maximum Gasteiger partial charge on any atom is 0.262 e. The van der Waals surface area contributed by atoms with Gasteiger partial charge >= 0.3 is 0 Å². The van der Waals surface area contributed by atoms with Gasteiger partial charge in [0, 0.05) is 9.35 Å². The highest BCUT2D eigenvalue weighted by atomic mass is 79.9. The highest BCUT2D eigenvalue weighted by molar-refractivity contribution is 9.10. The Hall–Kier alpha value is -1.46. The third kappa shape index (κ3) is 2.42. The van der Waals surface area contributed by atoms with Crippen molar-refractivity contribution < 1.29 is 0 Å². The number of fused-ring (bicyclic) bond motifs is 3. The van der Waals surface area contributed by atoms with Crippen LogP contribution in [-0.2, 0) is 19.4 Å². The molecule has 0 aliphatic heterocycles. The fraction of sp³-hybridized carbons (Fsp3) is 0.294. The molecule has 0 saturated heterocycles. The van der Waals surface area contributed by atoms with Crippen LogP contribution in [0.5, 0.6) is 0 Å². The van der Waals surface area contributed by atoms with Crippen LogP contribution in [0, 0.1) is 0 Å². The number of rotatable bonds is 2. The molecule has 0 atom stereocenters. The lowest BCUT2D eigenvalue weighted by Gasteiger charge is -2.10. The quantitative estimate of drug-likeness (QED) is 0.675. The number of thiophene rings is 1. The van der Waals surface area contributed by atoms with E-state index in [1.807, 2.05) is 24.3 Å². The fourth-order valence-corrected chi connectivity index (χ4v) is 4.56. The Kier molecular flexibility index (Phi) is 3.62. The molecule has 2 aromatic heterocycles. The van der Waals surface area contributed by atoms with Crippen LogP contribution in [0.15, 0.2) is 39.9 Å². The summed E-state index contributed by atoms with van der Waals surface area (Å²) < 4.78 is 2.77. The standard InChI is InChI=1S/C17H15BrN2OS/c18-12-7-5-11(6-8-12)9-20-10-19-16-15(17(20)21)13-3-1-2-4-14(13)22-16/h5-8,10H,1-4,9H2. The van der Waals surface area contributed by atoms with Gasteiger partial charge < -0.3 is 0 Å². The van der Waals surface area contributed by atoms with Gasteiger partial charge in [-0.1, -0.05) is 28.1 Å². The molecule has 0 amide bonds. The zero-order valence-corrected chi connectivity index (χ0v) is 14.4. The summed E-state index contributed by atoms with van der Waals surface area (Å²) in [5.41, 5.74) is 2.47. The number of nitrogens with zero attached hydrogens (tertiary/aromatic N) is 2. The number of hydrogen-bond acceptors (Lipinski definition) is 3. The van der Waals surface area contributed by atoms with E-state index in [-0.39, 0.29) is 5.56 Å². The van der Waals surface area contributed by atoms with Crippen molar-refractivity contribution in [3.8, 4) is 0 Å². The van der Waals surface area contributed by atoms with Gasteiger partial charge in [0.05, 0.1) is 18.3 Å². The van der Waals surface area contributed by atoms with Crippen molar-refractivity contribution in [2.75, 3.05) is 0 Å². The summed E-state index contributed by atoms with van der Waals surface area (Å²) in [5, 5.41) is 0.860. The SMILES string of the molecule is O=c1c2c3c(sc2ncn1Cc1ccc(Br)cc1)CCCC3. The molecule has 3 nitrogen and oxygen atoms in total. The van der Waals surface area contributed by atoms with Crippen molar-refractivity contribution >= 4 is 37.5 Å². The maximum absolute atomic E-state index is 12.9. The second kappa shape index (κ2) is 5.63. The van der Waals surface area contributed by atoms with E-state index in [2.05, 4.69) is 20.9 Å². The molecule has 0 radical (unpaired) electrons. The second-order valence-corrected chi connectivity index (χ2v) is 7.69. The Balaban J connectivity index is 1.80. The summed E-state index contributed by atoms with van der Waals surface area (Å²) in [5.74, 6) is 0. The third-order valence-electron chi connectivity index (χ3n) is 4.21. The van der Waals surface area contributed by atoms with Gasteiger partial charge in [-0.2, -0.15) is 0 Å². The fourth-order valence-electron chi connectivity index (χ4n) is 3.08. The van der Waals surface area contributed by atoms with E-state index in [0.717, 1.165) is 33.1 Å². The van der Waals surface area contributed by atoms with Crippen LogP contribution in [-0.4, -0.2) is 9.55 Å². The Morgan fingerprint density at radius 3 is 2.77 bits per heavy atom. The van der Waals surface area contributed by atoms with Gasteiger partial charge in [0.2, 0.25) is 0 Å². The van der Waals surface area contributed by atoms with Gasteiger partial charge in [-0.05, 0) is 48.9 Å². The number of aryl methyl sites for hydroxylation is 2. The molecular weight excluding hydrogens is 360 g/mol. The number of aromatic nitrogens is 2. The molecule has 0 unspecified atom stereocenters. The molecule has 0 saturated carbocycles. The molecule has 112 valence electrons. The average molecular weight is 375 g/mol. The van der Waals surface area contributed by atoms with Crippen molar-refractivity contribution in [2.24, 2.45) is 0 Å². The first-order valence-corrected chi connectivity index (χ1v) is 9.07. The molecule has 1 aromatic carbocycles. The van der Waals surface area contributed by atoms with Gasteiger partial charge in [-0.15, -0.1) is 11.3 Å². The van der Waals surface area contributed by atoms with Crippen molar-refractivity contribution in [3.63, 3.8) is 0 Å². The van der Waals surface area contributed by atoms with E-state index in [0.29, 0.717) is 6.54 Å². The summed E-state index contributed by atoms with van der Waals surface area (Å²) in [4.78, 5) is 19.7. The first kappa shape index (κ1) is 14.2. The van der Waals surface area contributed by atoms with E-state index in [1.54, 1.807) is 22.2 Å². The van der Waals surface area contributed by atoms with Gasteiger partial charge in [-0.25, -0.2) is 4.98 Å². The molecule has 0 bridgehead atoms. The number of benzene rings is 1. The molecule has 0 spiro atoms. The van der Waals surface area contributed by atoms with E-state index < -0.39 is 0 Å². The van der Waals surface area contributed by atoms with E-state index in [9.17, 15) is 4.79 Å². The molecule has 4 rings (SSSR count). The van der Waals surface area contributed by atoms with E-state index in [4.69, 9.17) is 0 Å². The van der Waals surface area contributed by atoms with Gasteiger partial charge in [0.25, 0.3) is 5.56 Å². The maximum atomic E-state index is 12.9. The van der Waals surface area contributed by atoms with Gasteiger partial charge in [-0.3, -0.25) is 9.36 Å². The third-order valence-corrected chi connectivity index (χ3v) is 5.94. The molecule has 2 heterocycles. The first-order valence-electron chi connectivity index (χ1n) is 7.46. The van der Waals surface area contributed by atoms with Crippen molar-refractivity contribution in [1.29, 1.82) is 0 Å². The first-order chi connectivity index (χ1) is 10.7. The largest absolute Gasteiger partial charge is 0.294 e. The Bertz CT molecular complexity index is 895. The number of halogens is 1. The van der Waals surface area contributed by atoms with Crippen LogP contribution in [0.2, 0.25) is 0 Å². The molecule has 5 heteroatoms. The molecule has 22 heavy (non-hydrogen) atoms. The molecule has 1 aliphatic rings. The van der Waals surface area contributed by atoms with Crippen molar-refractivity contribution in [3.05, 3.63) is 61.4 Å². The zero-order chi connectivity index (χ0) is 15.1. The van der Waals surface area contributed by atoms with Crippen LogP contribution in [0.25, 0.3) is 10.2 Å². The van der Waals surface area contributed by atoms with Crippen LogP contribution in [0.4, 0.5) is 0 Å². The normalized spacial score (nSPS) is 14.2. The minimum absolute atomic E-state index is 0.104. The summed E-state index contributed by atoms with van der Waals surface area (Å²) in [6.07, 6.45) is 6.22. The monoisotopic (exact) mass is 374 g/mol. The summed E-state index contributed by atoms with van der Waals surface area (Å²) in [7, 11) is 0. The van der Waals surface area contributed by atoms with E-state index >= 15 is 0 Å². The molecule has 1 aliphatic carbocycles. The summed E-state index contributed by atoms with van der Waals surface area (Å²) >= 11 is 5.13. The average Bonchev–Trinajstić information content (AvgIpc) is 2.91. The van der Waals surface area contributed by atoms with Crippen molar-refractivity contribution in [2.45, 2.75) is 32.2 Å². The molecule has 3 aromatic rings. The molecule has 0 fully saturated rings. The predicted molar refractivity (Wildman–Crippen MR) is 93.8 cm³/mol.